The van der Waals surface area contributed by atoms with Crippen LogP contribution in [0.25, 0.3) is 22.2 Å². The van der Waals surface area contributed by atoms with Gasteiger partial charge in [0.2, 0.25) is 0 Å². The van der Waals surface area contributed by atoms with E-state index in [0.717, 1.165) is 22.1 Å². The summed E-state index contributed by atoms with van der Waals surface area (Å²) in [6.45, 7) is 0.136. The molecule has 37 heavy (non-hydrogen) atoms. The maximum absolute atomic E-state index is 13.7. The van der Waals surface area contributed by atoms with E-state index in [1.807, 2.05) is 115 Å². The summed E-state index contributed by atoms with van der Waals surface area (Å²) in [6, 6.07) is 37.2. The van der Waals surface area contributed by atoms with Gasteiger partial charge >= 0.3 is 5.97 Å². The number of carbonyl (C=O) groups is 2. The van der Waals surface area contributed by atoms with Gasteiger partial charge in [-0.25, -0.2) is 9.78 Å². The number of ether oxygens (including phenoxy) is 1. The van der Waals surface area contributed by atoms with E-state index in [1.165, 1.54) is 0 Å². The van der Waals surface area contributed by atoms with E-state index in [-0.39, 0.29) is 12.5 Å². The first-order chi connectivity index (χ1) is 18.2. The highest BCUT2D eigenvalue weighted by molar-refractivity contribution is 6.08. The number of rotatable bonds is 8. The number of nitrogens with zero attached hydrogens (tertiary/aromatic N) is 1. The van der Waals surface area contributed by atoms with Crippen LogP contribution in [0.4, 0.5) is 0 Å². The third-order valence-corrected chi connectivity index (χ3v) is 6.13. The lowest BCUT2D eigenvalue weighted by Crippen LogP contribution is -2.43. The zero-order chi connectivity index (χ0) is 25.5. The van der Waals surface area contributed by atoms with Crippen LogP contribution in [0.3, 0.4) is 0 Å². The molecule has 0 spiro atoms. The molecule has 1 heterocycles. The van der Waals surface area contributed by atoms with Crippen molar-refractivity contribution in [2.24, 2.45) is 0 Å². The van der Waals surface area contributed by atoms with Gasteiger partial charge in [0.25, 0.3) is 5.91 Å². The molecule has 0 fully saturated rings. The van der Waals surface area contributed by atoms with Crippen LogP contribution in [0.2, 0.25) is 0 Å². The summed E-state index contributed by atoms with van der Waals surface area (Å²) >= 11 is 0. The molecule has 0 aliphatic rings. The molecule has 5 aromatic rings. The number of para-hydroxylation sites is 1. The van der Waals surface area contributed by atoms with Gasteiger partial charge in [-0.2, -0.15) is 0 Å². The Morgan fingerprint density at radius 2 is 1.32 bits per heavy atom. The molecule has 1 unspecified atom stereocenters. The summed E-state index contributed by atoms with van der Waals surface area (Å²) in [7, 11) is 0. The molecule has 5 rings (SSSR count). The quantitative estimate of drug-likeness (QED) is 0.274. The van der Waals surface area contributed by atoms with Gasteiger partial charge < -0.3 is 10.1 Å². The van der Waals surface area contributed by atoms with E-state index in [2.05, 4.69) is 5.32 Å². The molecule has 0 radical (unpaired) electrons. The molecule has 182 valence electrons. The van der Waals surface area contributed by atoms with Gasteiger partial charge in [-0.15, -0.1) is 0 Å². The predicted molar refractivity (Wildman–Crippen MR) is 145 cm³/mol. The van der Waals surface area contributed by atoms with Crippen LogP contribution in [-0.4, -0.2) is 22.9 Å². The molecular formula is C32H26N2O3. The average molecular weight is 487 g/mol. The molecule has 1 aromatic heterocycles. The summed E-state index contributed by atoms with van der Waals surface area (Å²) in [6.07, 6.45) is 0.314. The normalized spacial score (nSPS) is 11.6. The maximum Gasteiger partial charge on any atom is 0.329 e. The van der Waals surface area contributed by atoms with Crippen LogP contribution in [0.5, 0.6) is 0 Å². The molecule has 0 saturated carbocycles. The number of hydrogen-bond donors (Lipinski definition) is 1. The van der Waals surface area contributed by atoms with Crippen LogP contribution in [0.15, 0.2) is 121 Å². The van der Waals surface area contributed by atoms with Crippen LogP contribution in [-0.2, 0) is 22.6 Å². The topological polar surface area (TPSA) is 68.3 Å². The Bertz CT molecular complexity index is 1500. The fourth-order valence-electron chi connectivity index (χ4n) is 4.23. The van der Waals surface area contributed by atoms with Gasteiger partial charge in [0.15, 0.2) is 0 Å². The first-order valence-electron chi connectivity index (χ1n) is 12.2. The minimum Gasteiger partial charge on any atom is -0.459 e. The van der Waals surface area contributed by atoms with Crippen molar-refractivity contribution in [2.75, 3.05) is 0 Å². The second kappa shape index (κ2) is 11.3. The number of esters is 1. The molecule has 1 amide bonds. The van der Waals surface area contributed by atoms with Gasteiger partial charge in [-0.1, -0.05) is 109 Å². The van der Waals surface area contributed by atoms with Gasteiger partial charge in [0.05, 0.1) is 16.8 Å². The molecule has 4 aromatic carbocycles. The number of pyridine rings is 1. The molecule has 1 N–H and O–H groups in total. The molecule has 1 atom stereocenters. The van der Waals surface area contributed by atoms with Gasteiger partial charge in [-0.05, 0) is 23.3 Å². The zero-order valence-electron chi connectivity index (χ0n) is 20.2. The van der Waals surface area contributed by atoms with Gasteiger partial charge in [-0.3, -0.25) is 4.79 Å². The number of fused-ring (bicyclic) bond motifs is 1. The summed E-state index contributed by atoms with van der Waals surface area (Å²) in [4.78, 5) is 31.6. The molecule has 0 aliphatic carbocycles. The van der Waals surface area contributed by atoms with E-state index < -0.39 is 12.0 Å². The Morgan fingerprint density at radius 3 is 2.03 bits per heavy atom. The Labute approximate surface area is 215 Å². The van der Waals surface area contributed by atoms with Gasteiger partial charge in [0.1, 0.15) is 12.6 Å². The minimum absolute atomic E-state index is 0.136. The summed E-state index contributed by atoms with van der Waals surface area (Å²) in [5.41, 5.74) is 4.57. The molecule has 0 saturated heterocycles. The molecule has 0 bridgehead atoms. The highest BCUT2D eigenvalue weighted by Crippen LogP contribution is 2.25. The Balaban J connectivity index is 1.44. The van der Waals surface area contributed by atoms with E-state index in [0.29, 0.717) is 23.2 Å². The Hall–Kier alpha value is -4.77. The predicted octanol–water partition coefficient (Wildman–Crippen LogP) is 5.99. The highest BCUT2D eigenvalue weighted by atomic mass is 16.5. The number of amides is 1. The first-order valence-corrected chi connectivity index (χ1v) is 12.2. The third kappa shape index (κ3) is 5.90. The molecule has 0 aliphatic heterocycles. The van der Waals surface area contributed by atoms with Crippen molar-refractivity contribution in [3.05, 3.63) is 138 Å². The Morgan fingerprint density at radius 1 is 0.730 bits per heavy atom. The molecular weight excluding hydrogens is 460 g/mol. The van der Waals surface area contributed by atoms with Crippen molar-refractivity contribution in [2.45, 2.75) is 19.1 Å². The van der Waals surface area contributed by atoms with Crippen molar-refractivity contribution in [3.8, 4) is 11.3 Å². The fraction of sp³-hybridized carbons (Fsp3) is 0.0938. The standard InChI is InChI=1S/C32H26N2O3/c35-31(27-21-29(25-16-8-3-9-17-25)33-28-19-11-10-18-26(27)28)34-30(20-23-12-4-1-5-13-23)32(36)37-22-24-14-6-2-7-15-24/h1-19,21,30H,20,22H2,(H,34,35). The van der Waals surface area contributed by atoms with Crippen molar-refractivity contribution in [1.29, 1.82) is 0 Å². The monoisotopic (exact) mass is 486 g/mol. The lowest BCUT2D eigenvalue weighted by Gasteiger charge is -2.19. The van der Waals surface area contributed by atoms with Crippen molar-refractivity contribution in [1.82, 2.24) is 10.3 Å². The third-order valence-electron chi connectivity index (χ3n) is 6.13. The van der Waals surface area contributed by atoms with Gasteiger partial charge in [0, 0.05) is 17.4 Å². The highest BCUT2D eigenvalue weighted by Gasteiger charge is 2.25. The minimum atomic E-state index is -0.856. The number of aromatic nitrogens is 1. The second-order valence-corrected chi connectivity index (χ2v) is 8.75. The van der Waals surface area contributed by atoms with Crippen molar-refractivity contribution < 1.29 is 14.3 Å². The molecule has 5 nitrogen and oxygen atoms in total. The van der Waals surface area contributed by atoms with Crippen LogP contribution >= 0.6 is 0 Å². The first kappa shape index (κ1) is 23.9. The van der Waals surface area contributed by atoms with Crippen LogP contribution in [0.1, 0.15) is 21.5 Å². The average Bonchev–Trinajstić information content (AvgIpc) is 2.96. The van der Waals surface area contributed by atoms with Crippen LogP contribution in [0, 0.1) is 0 Å². The number of nitrogens with one attached hydrogen (secondary N) is 1. The zero-order valence-corrected chi connectivity index (χ0v) is 20.2. The lowest BCUT2D eigenvalue weighted by molar-refractivity contribution is -0.147. The van der Waals surface area contributed by atoms with E-state index in [9.17, 15) is 9.59 Å². The van der Waals surface area contributed by atoms with E-state index in [4.69, 9.17) is 9.72 Å². The van der Waals surface area contributed by atoms with Crippen molar-refractivity contribution >= 4 is 22.8 Å². The maximum atomic E-state index is 13.7. The SMILES string of the molecule is O=C(NC(Cc1ccccc1)C(=O)OCc1ccccc1)c1cc(-c2ccccc2)nc2ccccc12. The van der Waals surface area contributed by atoms with Crippen LogP contribution < -0.4 is 5.32 Å². The largest absolute Gasteiger partial charge is 0.459 e. The smallest absolute Gasteiger partial charge is 0.329 e. The second-order valence-electron chi connectivity index (χ2n) is 8.75. The number of hydrogen-bond acceptors (Lipinski definition) is 4. The Kier molecular flexibility index (Phi) is 7.32. The fourth-order valence-corrected chi connectivity index (χ4v) is 4.23. The molecule has 5 heteroatoms. The lowest BCUT2D eigenvalue weighted by atomic mass is 10.0. The van der Waals surface area contributed by atoms with Crippen molar-refractivity contribution in [3.63, 3.8) is 0 Å². The number of benzene rings is 4. The van der Waals surface area contributed by atoms with E-state index >= 15 is 0 Å². The van der Waals surface area contributed by atoms with E-state index in [1.54, 1.807) is 6.07 Å². The summed E-state index contributed by atoms with van der Waals surface area (Å²) < 4.78 is 5.61. The summed E-state index contributed by atoms with van der Waals surface area (Å²) in [5, 5.41) is 3.67. The number of carbonyl (C=O) groups excluding carboxylic acids is 2. The summed E-state index contributed by atoms with van der Waals surface area (Å²) in [5.74, 6) is -0.837.